The van der Waals surface area contributed by atoms with Crippen molar-refractivity contribution in [2.45, 2.75) is 37.8 Å². The summed E-state index contributed by atoms with van der Waals surface area (Å²) in [6.07, 6.45) is 4.39. The number of rotatable bonds is 2. The highest BCUT2D eigenvalue weighted by Gasteiger charge is 2.27. The Morgan fingerprint density at radius 1 is 1.15 bits per heavy atom. The van der Waals surface area contributed by atoms with Gasteiger partial charge in [-0.25, -0.2) is 0 Å². The quantitative estimate of drug-likeness (QED) is 0.643. The van der Waals surface area contributed by atoms with Crippen LogP contribution in [0.15, 0.2) is 0 Å². The first-order chi connectivity index (χ1) is 6.24. The van der Waals surface area contributed by atoms with E-state index in [9.17, 15) is 5.11 Å². The third-order valence-corrected chi connectivity index (χ3v) is 3.32. The van der Waals surface area contributed by atoms with Gasteiger partial charge in [0.1, 0.15) is 0 Å². The summed E-state index contributed by atoms with van der Waals surface area (Å²) in [4.78, 5) is 2.44. The Morgan fingerprint density at radius 2 is 1.77 bits per heavy atom. The van der Waals surface area contributed by atoms with Crippen LogP contribution in [0.1, 0.15) is 25.7 Å². The fourth-order valence-corrected chi connectivity index (χ4v) is 2.45. The monoisotopic (exact) mass is 184 g/mol. The molecule has 0 unspecified atom stereocenters. The van der Waals surface area contributed by atoms with Crippen molar-refractivity contribution in [3.63, 3.8) is 0 Å². The predicted molar refractivity (Wildman–Crippen MR) is 52.4 cm³/mol. The van der Waals surface area contributed by atoms with Gasteiger partial charge < -0.3 is 10.8 Å². The Morgan fingerprint density at radius 3 is 2.31 bits per heavy atom. The van der Waals surface area contributed by atoms with Gasteiger partial charge in [0, 0.05) is 25.7 Å². The van der Waals surface area contributed by atoms with Crippen molar-refractivity contribution in [2.24, 2.45) is 11.7 Å². The van der Waals surface area contributed by atoms with E-state index in [0.29, 0.717) is 6.04 Å². The van der Waals surface area contributed by atoms with Gasteiger partial charge in [0.25, 0.3) is 0 Å². The highest BCUT2D eigenvalue weighted by Crippen LogP contribution is 2.25. The molecule has 76 valence electrons. The molecule has 0 spiro atoms. The molecule has 2 fully saturated rings. The van der Waals surface area contributed by atoms with E-state index in [0.717, 1.165) is 31.8 Å². The molecule has 2 rings (SSSR count). The van der Waals surface area contributed by atoms with Crippen LogP contribution in [-0.4, -0.2) is 41.8 Å². The lowest BCUT2D eigenvalue weighted by molar-refractivity contribution is 0.0718. The Hall–Kier alpha value is -0.120. The van der Waals surface area contributed by atoms with Crippen LogP contribution < -0.4 is 5.73 Å². The fourth-order valence-electron chi connectivity index (χ4n) is 2.45. The molecule has 1 saturated carbocycles. The zero-order valence-electron chi connectivity index (χ0n) is 8.15. The minimum Gasteiger partial charge on any atom is -0.393 e. The standard InChI is InChI=1S/C10H20N2O/c11-9-6-12(7-9)5-8-1-3-10(13)4-2-8/h8-10,13H,1-7,11H2. The molecule has 1 aliphatic carbocycles. The van der Waals surface area contributed by atoms with Gasteiger partial charge in [0.15, 0.2) is 0 Å². The Balaban J connectivity index is 1.65. The number of nitrogens with two attached hydrogens (primary N) is 1. The normalized spacial score (nSPS) is 37.4. The average molecular weight is 184 g/mol. The molecule has 0 bridgehead atoms. The molecule has 2 aliphatic rings. The molecule has 3 N–H and O–H groups in total. The molecule has 0 atom stereocenters. The van der Waals surface area contributed by atoms with Gasteiger partial charge in [0.05, 0.1) is 6.10 Å². The van der Waals surface area contributed by atoms with Crippen LogP contribution in [0.2, 0.25) is 0 Å². The molecule has 1 heterocycles. The van der Waals surface area contributed by atoms with Crippen LogP contribution in [0.5, 0.6) is 0 Å². The van der Waals surface area contributed by atoms with Gasteiger partial charge in [-0.05, 0) is 31.6 Å². The Kier molecular flexibility index (Phi) is 2.86. The van der Waals surface area contributed by atoms with Crippen LogP contribution in [0.3, 0.4) is 0 Å². The average Bonchev–Trinajstić information content (AvgIpc) is 2.06. The number of hydrogen-bond acceptors (Lipinski definition) is 3. The number of aliphatic hydroxyl groups excluding tert-OH is 1. The number of nitrogens with zero attached hydrogens (tertiary/aromatic N) is 1. The first-order valence-electron chi connectivity index (χ1n) is 5.40. The highest BCUT2D eigenvalue weighted by atomic mass is 16.3. The minimum absolute atomic E-state index is 0.0186. The van der Waals surface area contributed by atoms with E-state index in [1.165, 1.54) is 19.4 Å². The molecule has 0 radical (unpaired) electrons. The summed E-state index contributed by atoms with van der Waals surface area (Å²) in [5.74, 6) is 0.816. The third-order valence-electron chi connectivity index (χ3n) is 3.32. The minimum atomic E-state index is -0.0186. The molecule has 0 aromatic heterocycles. The summed E-state index contributed by atoms with van der Waals surface area (Å²) in [7, 11) is 0. The molecule has 13 heavy (non-hydrogen) atoms. The second-order valence-corrected chi connectivity index (χ2v) is 4.65. The van der Waals surface area contributed by atoms with E-state index in [2.05, 4.69) is 4.90 Å². The van der Waals surface area contributed by atoms with E-state index in [-0.39, 0.29) is 6.10 Å². The lowest BCUT2D eigenvalue weighted by Gasteiger charge is -2.40. The Bertz CT molecular complexity index is 160. The smallest absolute Gasteiger partial charge is 0.0540 e. The first-order valence-corrected chi connectivity index (χ1v) is 5.40. The number of aliphatic hydroxyl groups is 1. The molecular formula is C10H20N2O. The van der Waals surface area contributed by atoms with Crippen molar-refractivity contribution >= 4 is 0 Å². The maximum Gasteiger partial charge on any atom is 0.0540 e. The molecule has 1 aliphatic heterocycles. The molecule has 3 heteroatoms. The molecule has 3 nitrogen and oxygen atoms in total. The van der Waals surface area contributed by atoms with Crippen molar-refractivity contribution in [2.75, 3.05) is 19.6 Å². The van der Waals surface area contributed by atoms with Crippen molar-refractivity contribution in [3.05, 3.63) is 0 Å². The molecule has 0 aromatic carbocycles. The van der Waals surface area contributed by atoms with E-state index < -0.39 is 0 Å². The van der Waals surface area contributed by atoms with Crippen molar-refractivity contribution in [3.8, 4) is 0 Å². The second-order valence-electron chi connectivity index (χ2n) is 4.65. The van der Waals surface area contributed by atoms with Crippen LogP contribution in [0.4, 0.5) is 0 Å². The van der Waals surface area contributed by atoms with Crippen LogP contribution in [0.25, 0.3) is 0 Å². The zero-order chi connectivity index (χ0) is 9.26. The van der Waals surface area contributed by atoms with E-state index in [1.807, 2.05) is 0 Å². The van der Waals surface area contributed by atoms with Crippen LogP contribution in [0, 0.1) is 5.92 Å². The third kappa shape index (κ3) is 2.42. The van der Waals surface area contributed by atoms with E-state index >= 15 is 0 Å². The lowest BCUT2D eigenvalue weighted by Crippen LogP contribution is -2.56. The SMILES string of the molecule is NC1CN(CC2CCC(O)CC2)C1. The summed E-state index contributed by atoms with van der Waals surface area (Å²) < 4.78 is 0. The second kappa shape index (κ2) is 3.95. The van der Waals surface area contributed by atoms with Crippen molar-refractivity contribution in [1.82, 2.24) is 4.90 Å². The summed E-state index contributed by atoms with van der Waals surface area (Å²) in [6.45, 7) is 3.37. The predicted octanol–water partition coefficient (Wildman–Crippen LogP) is 0.180. The van der Waals surface area contributed by atoms with Gasteiger partial charge in [-0.3, -0.25) is 4.90 Å². The van der Waals surface area contributed by atoms with Gasteiger partial charge in [0.2, 0.25) is 0 Å². The maximum absolute atomic E-state index is 9.34. The molecule has 1 saturated heterocycles. The number of likely N-dealkylation sites (tertiary alicyclic amines) is 1. The first kappa shape index (κ1) is 9.44. The zero-order valence-corrected chi connectivity index (χ0v) is 8.15. The summed E-state index contributed by atoms with van der Waals surface area (Å²) >= 11 is 0. The number of hydrogen-bond donors (Lipinski definition) is 2. The molecule has 0 aromatic rings. The summed E-state index contributed by atoms with van der Waals surface area (Å²) in [5, 5.41) is 9.34. The topological polar surface area (TPSA) is 49.5 Å². The Labute approximate surface area is 79.9 Å². The highest BCUT2D eigenvalue weighted by molar-refractivity contribution is 4.85. The van der Waals surface area contributed by atoms with Gasteiger partial charge in [-0.15, -0.1) is 0 Å². The van der Waals surface area contributed by atoms with Gasteiger partial charge in [-0.2, -0.15) is 0 Å². The summed E-state index contributed by atoms with van der Waals surface area (Å²) in [5.41, 5.74) is 5.71. The summed E-state index contributed by atoms with van der Waals surface area (Å²) in [6, 6.07) is 0.425. The maximum atomic E-state index is 9.34. The van der Waals surface area contributed by atoms with Crippen molar-refractivity contribution in [1.29, 1.82) is 0 Å². The van der Waals surface area contributed by atoms with Crippen LogP contribution >= 0.6 is 0 Å². The van der Waals surface area contributed by atoms with Crippen LogP contribution in [-0.2, 0) is 0 Å². The fraction of sp³-hybridized carbons (Fsp3) is 1.00. The van der Waals surface area contributed by atoms with Crippen molar-refractivity contribution < 1.29 is 5.11 Å². The molecular weight excluding hydrogens is 164 g/mol. The largest absolute Gasteiger partial charge is 0.393 e. The van der Waals surface area contributed by atoms with Gasteiger partial charge >= 0.3 is 0 Å². The lowest BCUT2D eigenvalue weighted by atomic mass is 9.86. The van der Waals surface area contributed by atoms with Gasteiger partial charge in [-0.1, -0.05) is 0 Å². The molecule has 0 amide bonds. The van der Waals surface area contributed by atoms with E-state index in [4.69, 9.17) is 5.73 Å². The van der Waals surface area contributed by atoms with E-state index in [1.54, 1.807) is 0 Å².